The van der Waals surface area contributed by atoms with Gasteiger partial charge < -0.3 is 4.74 Å². The fourth-order valence-electron chi connectivity index (χ4n) is 1.57. The second kappa shape index (κ2) is 4.04. The minimum atomic E-state index is 0.308. The van der Waals surface area contributed by atoms with Gasteiger partial charge >= 0.3 is 0 Å². The molecule has 0 fully saturated rings. The van der Waals surface area contributed by atoms with Crippen LogP contribution in [0.2, 0.25) is 0 Å². The Morgan fingerprint density at radius 3 is 2.36 bits per heavy atom. The number of hydrogen-bond acceptors (Lipinski definition) is 1. The van der Waals surface area contributed by atoms with Crippen molar-refractivity contribution in [2.45, 2.75) is 34.1 Å². The van der Waals surface area contributed by atoms with Crippen molar-refractivity contribution in [3.63, 3.8) is 0 Å². The van der Waals surface area contributed by atoms with Gasteiger partial charge in [0.2, 0.25) is 0 Å². The minimum absolute atomic E-state index is 0.308. The van der Waals surface area contributed by atoms with E-state index in [-0.39, 0.29) is 0 Å². The smallest absolute Gasteiger partial charge is 0.122 e. The molecule has 0 amide bonds. The quantitative estimate of drug-likeness (QED) is 0.695. The van der Waals surface area contributed by atoms with Crippen LogP contribution in [0.1, 0.15) is 31.9 Å². The van der Waals surface area contributed by atoms with Gasteiger partial charge in [-0.15, -0.1) is 0 Å². The molecular formula is C13H20O. The third kappa shape index (κ3) is 3.06. The van der Waals surface area contributed by atoms with E-state index in [1.807, 2.05) is 0 Å². The summed E-state index contributed by atoms with van der Waals surface area (Å²) in [5, 5.41) is 0. The molecular weight excluding hydrogens is 172 g/mol. The molecule has 1 nitrogen and oxygen atoms in total. The van der Waals surface area contributed by atoms with Crippen LogP contribution in [0, 0.1) is 12.3 Å². The van der Waals surface area contributed by atoms with Gasteiger partial charge in [-0.3, -0.25) is 0 Å². The van der Waals surface area contributed by atoms with Crippen molar-refractivity contribution < 1.29 is 4.74 Å². The number of aryl methyl sites for hydroxylation is 1. The van der Waals surface area contributed by atoms with Crippen LogP contribution in [0.5, 0.6) is 5.75 Å². The van der Waals surface area contributed by atoms with Crippen LogP contribution in [0.15, 0.2) is 18.2 Å². The lowest BCUT2D eigenvalue weighted by Gasteiger charge is -2.20. The molecule has 0 aliphatic rings. The van der Waals surface area contributed by atoms with Crippen LogP contribution >= 0.6 is 0 Å². The molecule has 0 heterocycles. The van der Waals surface area contributed by atoms with E-state index in [1.54, 1.807) is 7.11 Å². The first-order chi connectivity index (χ1) is 6.42. The van der Waals surface area contributed by atoms with Crippen molar-refractivity contribution >= 4 is 0 Å². The lowest BCUT2D eigenvalue weighted by Crippen LogP contribution is -2.10. The van der Waals surface area contributed by atoms with Crippen molar-refractivity contribution in [1.29, 1.82) is 0 Å². The van der Waals surface area contributed by atoms with Gasteiger partial charge in [0.15, 0.2) is 0 Å². The molecule has 1 rings (SSSR count). The summed E-state index contributed by atoms with van der Waals surface area (Å²) in [6.07, 6.45) is 1.05. The number of ether oxygens (including phenoxy) is 1. The van der Waals surface area contributed by atoms with Crippen molar-refractivity contribution in [3.8, 4) is 5.75 Å². The molecule has 0 spiro atoms. The Kier molecular flexibility index (Phi) is 3.20. The molecule has 0 atom stereocenters. The first-order valence-corrected chi connectivity index (χ1v) is 5.06. The highest BCUT2D eigenvalue weighted by Gasteiger charge is 2.14. The van der Waals surface area contributed by atoms with Crippen LogP contribution < -0.4 is 4.74 Å². The maximum Gasteiger partial charge on any atom is 0.122 e. The predicted molar refractivity (Wildman–Crippen MR) is 60.9 cm³/mol. The topological polar surface area (TPSA) is 9.23 Å². The monoisotopic (exact) mass is 192 g/mol. The minimum Gasteiger partial charge on any atom is -0.496 e. The molecule has 0 saturated carbocycles. The highest BCUT2D eigenvalue weighted by Crippen LogP contribution is 2.27. The summed E-state index contributed by atoms with van der Waals surface area (Å²) in [6.45, 7) is 8.81. The summed E-state index contributed by atoms with van der Waals surface area (Å²) in [5.74, 6) is 1.01. The Bertz CT molecular complexity index is 308. The molecule has 0 aliphatic carbocycles. The summed E-state index contributed by atoms with van der Waals surface area (Å²) in [5.41, 5.74) is 2.85. The van der Waals surface area contributed by atoms with Gasteiger partial charge in [-0.05, 0) is 36.0 Å². The van der Waals surface area contributed by atoms with Gasteiger partial charge in [0.1, 0.15) is 5.75 Å². The molecule has 0 aromatic heterocycles. The van der Waals surface area contributed by atoms with Crippen LogP contribution in [-0.4, -0.2) is 7.11 Å². The van der Waals surface area contributed by atoms with E-state index in [4.69, 9.17) is 4.74 Å². The predicted octanol–water partition coefficient (Wildman–Crippen LogP) is 3.59. The average Bonchev–Trinajstić information content (AvgIpc) is 2.06. The van der Waals surface area contributed by atoms with Gasteiger partial charge in [0.25, 0.3) is 0 Å². The Morgan fingerprint density at radius 2 is 1.86 bits per heavy atom. The van der Waals surface area contributed by atoms with E-state index in [1.165, 1.54) is 11.1 Å². The Hall–Kier alpha value is -0.980. The SMILES string of the molecule is COc1cc(C)ccc1CC(C)(C)C. The zero-order chi connectivity index (χ0) is 10.8. The summed E-state index contributed by atoms with van der Waals surface area (Å²) in [4.78, 5) is 0. The molecule has 0 unspecified atom stereocenters. The van der Waals surface area contributed by atoms with Gasteiger partial charge in [-0.1, -0.05) is 32.9 Å². The Morgan fingerprint density at radius 1 is 1.21 bits per heavy atom. The van der Waals surface area contributed by atoms with Crippen LogP contribution in [-0.2, 0) is 6.42 Å². The first-order valence-electron chi connectivity index (χ1n) is 5.06. The first kappa shape index (κ1) is 11.1. The van der Waals surface area contributed by atoms with Crippen molar-refractivity contribution in [1.82, 2.24) is 0 Å². The van der Waals surface area contributed by atoms with E-state index in [0.717, 1.165) is 12.2 Å². The molecule has 0 radical (unpaired) electrons. The molecule has 14 heavy (non-hydrogen) atoms. The third-order valence-corrected chi connectivity index (χ3v) is 2.16. The fourth-order valence-corrected chi connectivity index (χ4v) is 1.57. The van der Waals surface area contributed by atoms with E-state index in [2.05, 4.69) is 45.9 Å². The van der Waals surface area contributed by atoms with E-state index in [0.29, 0.717) is 5.41 Å². The molecule has 0 bridgehead atoms. The second-order valence-corrected chi connectivity index (χ2v) is 5.05. The normalized spacial score (nSPS) is 11.5. The van der Waals surface area contributed by atoms with Crippen molar-refractivity contribution in [3.05, 3.63) is 29.3 Å². The molecule has 0 aliphatic heterocycles. The number of rotatable bonds is 2. The van der Waals surface area contributed by atoms with E-state index < -0.39 is 0 Å². The highest BCUT2D eigenvalue weighted by atomic mass is 16.5. The van der Waals surface area contributed by atoms with Gasteiger partial charge in [-0.2, -0.15) is 0 Å². The summed E-state index contributed by atoms with van der Waals surface area (Å²) in [6, 6.07) is 6.41. The molecule has 0 N–H and O–H groups in total. The summed E-state index contributed by atoms with van der Waals surface area (Å²) < 4.78 is 5.37. The van der Waals surface area contributed by atoms with Gasteiger partial charge in [0, 0.05) is 0 Å². The molecule has 1 aromatic carbocycles. The standard InChI is InChI=1S/C13H20O/c1-10-6-7-11(9-13(2,3)4)12(8-10)14-5/h6-8H,9H2,1-5H3. The summed E-state index contributed by atoms with van der Waals surface area (Å²) in [7, 11) is 1.74. The molecule has 1 aromatic rings. The Labute approximate surface area is 87.1 Å². The molecule has 1 heteroatoms. The van der Waals surface area contributed by atoms with E-state index >= 15 is 0 Å². The van der Waals surface area contributed by atoms with Crippen molar-refractivity contribution in [2.24, 2.45) is 5.41 Å². The van der Waals surface area contributed by atoms with Crippen LogP contribution in [0.4, 0.5) is 0 Å². The zero-order valence-corrected chi connectivity index (χ0v) is 9.85. The lowest BCUT2D eigenvalue weighted by molar-refractivity contribution is 0.378. The maximum atomic E-state index is 5.37. The average molecular weight is 192 g/mol. The highest BCUT2D eigenvalue weighted by molar-refractivity contribution is 5.37. The number of hydrogen-bond donors (Lipinski definition) is 0. The van der Waals surface area contributed by atoms with Crippen LogP contribution in [0.25, 0.3) is 0 Å². The van der Waals surface area contributed by atoms with Crippen LogP contribution in [0.3, 0.4) is 0 Å². The third-order valence-electron chi connectivity index (χ3n) is 2.16. The van der Waals surface area contributed by atoms with Crippen molar-refractivity contribution in [2.75, 3.05) is 7.11 Å². The lowest BCUT2D eigenvalue weighted by atomic mass is 9.87. The largest absolute Gasteiger partial charge is 0.496 e. The second-order valence-electron chi connectivity index (χ2n) is 5.05. The zero-order valence-electron chi connectivity index (χ0n) is 9.85. The van der Waals surface area contributed by atoms with Gasteiger partial charge in [0.05, 0.1) is 7.11 Å². The maximum absolute atomic E-state index is 5.37. The molecule has 78 valence electrons. The van der Waals surface area contributed by atoms with E-state index in [9.17, 15) is 0 Å². The number of methoxy groups -OCH3 is 1. The molecule has 0 saturated heterocycles. The summed E-state index contributed by atoms with van der Waals surface area (Å²) >= 11 is 0. The van der Waals surface area contributed by atoms with Gasteiger partial charge in [-0.25, -0.2) is 0 Å². The fraction of sp³-hybridized carbons (Fsp3) is 0.538. The number of benzene rings is 1. The Balaban J connectivity index is 2.97.